The second kappa shape index (κ2) is 7.47. The number of nitrogens with zero attached hydrogens (tertiary/aromatic N) is 1. The Morgan fingerprint density at radius 1 is 1.13 bits per heavy atom. The standard InChI is InChI=1S/C19H24FNOS/c1-14-13-17(23)9-10-18(14)19(22,11-4-12-21(2)3)15-5-7-16(20)8-6-15/h5-10,13,22-23H,4,11-12H2,1-3H3. The summed E-state index contributed by atoms with van der Waals surface area (Å²) >= 11 is 4.36. The van der Waals surface area contributed by atoms with Gasteiger partial charge in [0.15, 0.2) is 0 Å². The first kappa shape index (κ1) is 18.0. The summed E-state index contributed by atoms with van der Waals surface area (Å²) < 4.78 is 13.3. The fourth-order valence-corrected chi connectivity index (χ4v) is 3.19. The molecule has 0 radical (unpaired) electrons. The zero-order chi connectivity index (χ0) is 17.0. The number of hydrogen-bond donors (Lipinski definition) is 2. The first-order chi connectivity index (χ1) is 10.8. The monoisotopic (exact) mass is 333 g/mol. The normalized spacial score (nSPS) is 14.0. The van der Waals surface area contributed by atoms with Crippen molar-refractivity contribution in [3.63, 3.8) is 0 Å². The van der Waals surface area contributed by atoms with Crippen LogP contribution in [0.25, 0.3) is 0 Å². The lowest BCUT2D eigenvalue weighted by molar-refractivity contribution is 0.0657. The summed E-state index contributed by atoms with van der Waals surface area (Å²) in [7, 11) is 4.02. The number of aliphatic hydroxyl groups is 1. The van der Waals surface area contributed by atoms with Gasteiger partial charge in [-0.3, -0.25) is 0 Å². The fourth-order valence-electron chi connectivity index (χ4n) is 2.92. The van der Waals surface area contributed by atoms with Crippen LogP contribution in [0.2, 0.25) is 0 Å². The second-order valence-electron chi connectivity index (χ2n) is 6.27. The molecule has 0 aromatic heterocycles. The fraction of sp³-hybridized carbons (Fsp3) is 0.368. The third-order valence-electron chi connectivity index (χ3n) is 4.12. The molecule has 0 heterocycles. The van der Waals surface area contributed by atoms with Crippen molar-refractivity contribution in [1.82, 2.24) is 4.90 Å². The molecule has 1 atom stereocenters. The van der Waals surface area contributed by atoms with E-state index in [9.17, 15) is 9.50 Å². The number of halogens is 1. The van der Waals surface area contributed by atoms with Crippen LogP contribution in [0.1, 0.15) is 29.5 Å². The largest absolute Gasteiger partial charge is 0.380 e. The van der Waals surface area contributed by atoms with Crippen molar-refractivity contribution in [2.45, 2.75) is 30.3 Å². The highest BCUT2D eigenvalue weighted by Crippen LogP contribution is 2.36. The van der Waals surface area contributed by atoms with Crippen molar-refractivity contribution in [3.05, 3.63) is 65.0 Å². The van der Waals surface area contributed by atoms with Crippen LogP contribution in [-0.4, -0.2) is 30.6 Å². The number of rotatable bonds is 6. The molecule has 124 valence electrons. The van der Waals surface area contributed by atoms with Crippen molar-refractivity contribution in [3.8, 4) is 0 Å². The maximum Gasteiger partial charge on any atom is 0.123 e. The van der Waals surface area contributed by atoms with Gasteiger partial charge in [-0.1, -0.05) is 18.2 Å². The molecule has 0 amide bonds. The number of hydrogen-bond acceptors (Lipinski definition) is 3. The van der Waals surface area contributed by atoms with E-state index in [2.05, 4.69) is 17.5 Å². The first-order valence-electron chi connectivity index (χ1n) is 7.76. The molecule has 1 N–H and O–H groups in total. The molecule has 0 spiro atoms. The average Bonchev–Trinajstić information content (AvgIpc) is 2.47. The highest BCUT2D eigenvalue weighted by Gasteiger charge is 2.32. The molecule has 0 saturated heterocycles. The maximum absolute atomic E-state index is 13.3. The molecule has 2 nitrogen and oxygen atoms in total. The van der Waals surface area contributed by atoms with Crippen LogP contribution in [-0.2, 0) is 5.60 Å². The highest BCUT2D eigenvalue weighted by atomic mass is 32.1. The van der Waals surface area contributed by atoms with Gasteiger partial charge >= 0.3 is 0 Å². The summed E-state index contributed by atoms with van der Waals surface area (Å²) in [6.45, 7) is 2.85. The Kier molecular flexibility index (Phi) is 5.84. The minimum absolute atomic E-state index is 0.299. The van der Waals surface area contributed by atoms with E-state index in [1.807, 2.05) is 39.2 Å². The van der Waals surface area contributed by atoms with Gasteiger partial charge < -0.3 is 10.0 Å². The van der Waals surface area contributed by atoms with Crippen LogP contribution in [0, 0.1) is 12.7 Å². The van der Waals surface area contributed by atoms with Gasteiger partial charge in [0.1, 0.15) is 11.4 Å². The van der Waals surface area contributed by atoms with Gasteiger partial charge in [-0.25, -0.2) is 4.39 Å². The zero-order valence-corrected chi connectivity index (χ0v) is 14.8. The second-order valence-corrected chi connectivity index (χ2v) is 6.79. The van der Waals surface area contributed by atoms with E-state index in [-0.39, 0.29) is 5.82 Å². The Balaban J connectivity index is 2.43. The summed E-state index contributed by atoms with van der Waals surface area (Å²) in [6, 6.07) is 11.9. The van der Waals surface area contributed by atoms with E-state index in [1.165, 1.54) is 12.1 Å². The van der Waals surface area contributed by atoms with Crippen LogP contribution in [0.4, 0.5) is 4.39 Å². The summed E-state index contributed by atoms with van der Waals surface area (Å²) in [5.74, 6) is -0.299. The van der Waals surface area contributed by atoms with Gasteiger partial charge in [0.05, 0.1) is 0 Å². The Morgan fingerprint density at radius 3 is 2.35 bits per heavy atom. The van der Waals surface area contributed by atoms with Crippen LogP contribution in [0.3, 0.4) is 0 Å². The smallest absolute Gasteiger partial charge is 0.123 e. The number of thiol groups is 1. The SMILES string of the molecule is Cc1cc(S)ccc1C(O)(CCCN(C)C)c1ccc(F)cc1. The topological polar surface area (TPSA) is 23.5 Å². The third-order valence-corrected chi connectivity index (χ3v) is 4.40. The van der Waals surface area contributed by atoms with E-state index in [1.54, 1.807) is 12.1 Å². The van der Waals surface area contributed by atoms with Crippen LogP contribution >= 0.6 is 12.6 Å². The number of benzene rings is 2. The molecular formula is C19H24FNOS. The third kappa shape index (κ3) is 4.34. The predicted octanol–water partition coefficient (Wildman–Crippen LogP) is 4.00. The molecule has 2 rings (SSSR count). The van der Waals surface area contributed by atoms with Gasteiger partial charge in [-0.15, -0.1) is 12.6 Å². The van der Waals surface area contributed by atoms with Gasteiger partial charge in [0, 0.05) is 4.90 Å². The Hall–Kier alpha value is -1.36. The van der Waals surface area contributed by atoms with Crippen molar-refractivity contribution >= 4 is 12.6 Å². The van der Waals surface area contributed by atoms with Crippen molar-refractivity contribution in [2.24, 2.45) is 0 Å². The summed E-state index contributed by atoms with van der Waals surface area (Å²) in [6.07, 6.45) is 1.41. The predicted molar refractivity (Wildman–Crippen MR) is 95.6 cm³/mol. The van der Waals surface area contributed by atoms with Gasteiger partial charge in [0.25, 0.3) is 0 Å². The van der Waals surface area contributed by atoms with E-state index >= 15 is 0 Å². The molecule has 23 heavy (non-hydrogen) atoms. The lowest BCUT2D eigenvalue weighted by Crippen LogP contribution is -2.29. The Bertz CT molecular complexity index is 657. The van der Waals surface area contributed by atoms with E-state index in [0.29, 0.717) is 12.0 Å². The minimum atomic E-state index is -1.13. The molecule has 0 saturated carbocycles. The van der Waals surface area contributed by atoms with Crippen molar-refractivity contribution in [1.29, 1.82) is 0 Å². The molecular weight excluding hydrogens is 309 g/mol. The average molecular weight is 333 g/mol. The van der Waals surface area contributed by atoms with Crippen LogP contribution in [0.5, 0.6) is 0 Å². The van der Waals surface area contributed by atoms with Crippen molar-refractivity contribution < 1.29 is 9.50 Å². The molecule has 2 aromatic rings. The Morgan fingerprint density at radius 2 is 1.78 bits per heavy atom. The molecule has 2 aromatic carbocycles. The van der Waals surface area contributed by atoms with E-state index < -0.39 is 5.60 Å². The van der Waals surface area contributed by atoms with Crippen LogP contribution < -0.4 is 0 Å². The van der Waals surface area contributed by atoms with E-state index in [0.717, 1.165) is 29.0 Å². The minimum Gasteiger partial charge on any atom is -0.380 e. The number of aryl methyl sites for hydroxylation is 1. The summed E-state index contributed by atoms with van der Waals surface area (Å²) in [4.78, 5) is 2.95. The molecule has 0 bridgehead atoms. The molecule has 4 heteroatoms. The molecule has 0 aliphatic heterocycles. The maximum atomic E-state index is 13.3. The summed E-state index contributed by atoms with van der Waals surface area (Å²) in [5.41, 5.74) is 1.41. The van der Waals surface area contributed by atoms with Gasteiger partial charge in [-0.05, 0) is 81.4 Å². The molecule has 0 aliphatic carbocycles. The Labute approximate surface area is 143 Å². The molecule has 0 aliphatic rings. The summed E-state index contributed by atoms with van der Waals surface area (Å²) in [5, 5.41) is 11.5. The van der Waals surface area contributed by atoms with E-state index in [4.69, 9.17) is 0 Å². The molecule has 1 unspecified atom stereocenters. The van der Waals surface area contributed by atoms with Gasteiger partial charge in [-0.2, -0.15) is 0 Å². The lowest BCUT2D eigenvalue weighted by atomic mass is 9.80. The first-order valence-corrected chi connectivity index (χ1v) is 8.21. The van der Waals surface area contributed by atoms with Crippen LogP contribution in [0.15, 0.2) is 47.4 Å². The molecule has 0 fully saturated rings. The quantitative estimate of drug-likeness (QED) is 0.781. The van der Waals surface area contributed by atoms with Crippen molar-refractivity contribution in [2.75, 3.05) is 20.6 Å². The van der Waals surface area contributed by atoms with Gasteiger partial charge in [0.2, 0.25) is 0 Å². The lowest BCUT2D eigenvalue weighted by Gasteiger charge is -2.31. The zero-order valence-electron chi connectivity index (χ0n) is 13.9. The highest BCUT2D eigenvalue weighted by molar-refractivity contribution is 7.80.